The Morgan fingerprint density at radius 3 is 2.68 bits per heavy atom. The van der Waals surface area contributed by atoms with Crippen molar-refractivity contribution in [3.63, 3.8) is 0 Å². The molecule has 1 saturated heterocycles. The number of imide groups is 1. The third-order valence-corrected chi connectivity index (χ3v) is 5.47. The Morgan fingerprint density at radius 1 is 1.21 bits per heavy atom. The smallest absolute Gasteiger partial charge is 0.379 e. The molecule has 2 aliphatic rings. The Balaban J connectivity index is 1.43. The topological polar surface area (TPSA) is 88.1 Å². The molecule has 2 heterocycles. The summed E-state index contributed by atoms with van der Waals surface area (Å²) in [6.07, 6.45) is 0.433. The fourth-order valence-electron chi connectivity index (χ4n) is 3.07. The molecule has 0 saturated carbocycles. The molecule has 2 amide bonds. The second-order valence-corrected chi connectivity index (χ2v) is 7.72. The van der Waals surface area contributed by atoms with Crippen molar-refractivity contribution in [1.82, 2.24) is 10.2 Å². The maximum atomic E-state index is 12.5. The van der Waals surface area contributed by atoms with Crippen LogP contribution in [-0.2, 0) is 22.6 Å². The number of aliphatic imine (C=N–C) groups is 1. The van der Waals surface area contributed by atoms with Crippen molar-refractivity contribution in [1.29, 1.82) is 0 Å². The SMILES string of the molecule is CN1Cc2ccccc2N=C1C(=O)Oc1ccc(CC2SC(=O)NC2=O)cc1. The number of nitrogens with one attached hydrogen (secondary N) is 1. The van der Waals surface area contributed by atoms with Crippen LogP contribution in [-0.4, -0.2) is 40.1 Å². The van der Waals surface area contributed by atoms with E-state index in [4.69, 9.17) is 4.74 Å². The molecule has 0 aliphatic carbocycles. The number of amides is 2. The van der Waals surface area contributed by atoms with Gasteiger partial charge in [-0.25, -0.2) is 9.79 Å². The Bertz CT molecular complexity index is 987. The van der Waals surface area contributed by atoms with E-state index in [-0.39, 0.29) is 17.0 Å². The van der Waals surface area contributed by atoms with E-state index in [1.54, 1.807) is 36.2 Å². The van der Waals surface area contributed by atoms with Gasteiger partial charge in [-0.2, -0.15) is 0 Å². The molecule has 1 unspecified atom stereocenters. The van der Waals surface area contributed by atoms with Crippen molar-refractivity contribution in [3.05, 3.63) is 59.7 Å². The first-order valence-corrected chi connectivity index (χ1v) is 9.58. The van der Waals surface area contributed by atoms with Gasteiger partial charge in [0.25, 0.3) is 5.24 Å². The molecule has 8 heteroatoms. The minimum Gasteiger partial charge on any atom is -0.421 e. The van der Waals surface area contributed by atoms with Gasteiger partial charge in [-0.3, -0.25) is 14.9 Å². The van der Waals surface area contributed by atoms with E-state index in [9.17, 15) is 14.4 Å². The molecule has 0 aromatic heterocycles. The largest absolute Gasteiger partial charge is 0.421 e. The number of hydrogen-bond donors (Lipinski definition) is 1. The Labute approximate surface area is 165 Å². The number of fused-ring (bicyclic) bond motifs is 1. The van der Waals surface area contributed by atoms with Gasteiger partial charge in [0.2, 0.25) is 11.7 Å². The molecule has 4 rings (SSSR count). The van der Waals surface area contributed by atoms with Gasteiger partial charge >= 0.3 is 5.97 Å². The molecule has 2 aliphatic heterocycles. The number of nitrogens with zero attached hydrogens (tertiary/aromatic N) is 2. The van der Waals surface area contributed by atoms with Crippen LogP contribution in [0.4, 0.5) is 10.5 Å². The second-order valence-electron chi connectivity index (χ2n) is 6.54. The van der Waals surface area contributed by atoms with Crippen molar-refractivity contribution in [2.45, 2.75) is 18.2 Å². The maximum absolute atomic E-state index is 12.5. The van der Waals surface area contributed by atoms with Gasteiger partial charge in [-0.15, -0.1) is 0 Å². The summed E-state index contributed by atoms with van der Waals surface area (Å²) in [4.78, 5) is 41.6. The average Bonchev–Trinajstić information content (AvgIpc) is 2.99. The van der Waals surface area contributed by atoms with E-state index in [1.807, 2.05) is 24.3 Å². The van der Waals surface area contributed by atoms with Crippen molar-refractivity contribution in [2.75, 3.05) is 7.05 Å². The molecule has 0 radical (unpaired) electrons. The number of amidine groups is 1. The Kier molecular flexibility index (Phi) is 4.87. The normalized spacial score (nSPS) is 18.4. The number of esters is 1. The number of carbonyl (C=O) groups excluding carboxylic acids is 3. The zero-order valence-electron chi connectivity index (χ0n) is 15.0. The van der Waals surface area contributed by atoms with Gasteiger partial charge < -0.3 is 9.64 Å². The molecule has 0 bridgehead atoms. The van der Waals surface area contributed by atoms with Gasteiger partial charge in [0.15, 0.2) is 0 Å². The summed E-state index contributed by atoms with van der Waals surface area (Å²) in [6.45, 7) is 0.586. The van der Waals surface area contributed by atoms with Crippen molar-refractivity contribution in [3.8, 4) is 5.75 Å². The second kappa shape index (κ2) is 7.47. The van der Waals surface area contributed by atoms with Gasteiger partial charge in [0.1, 0.15) is 5.75 Å². The highest BCUT2D eigenvalue weighted by Crippen LogP contribution is 2.26. The van der Waals surface area contributed by atoms with Crippen molar-refractivity contribution >= 4 is 40.4 Å². The Morgan fingerprint density at radius 2 is 1.96 bits per heavy atom. The average molecular weight is 395 g/mol. The van der Waals surface area contributed by atoms with E-state index >= 15 is 0 Å². The van der Waals surface area contributed by atoms with Crippen LogP contribution in [0.25, 0.3) is 0 Å². The van der Waals surface area contributed by atoms with Crippen molar-refractivity contribution in [2.24, 2.45) is 4.99 Å². The van der Waals surface area contributed by atoms with Crippen LogP contribution in [0.2, 0.25) is 0 Å². The van der Waals surface area contributed by atoms with Gasteiger partial charge in [0, 0.05) is 13.6 Å². The van der Waals surface area contributed by atoms with Crippen LogP contribution in [0.15, 0.2) is 53.5 Å². The summed E-state index contributed by atoms with van der Waals surface area (Å²) >= 11 is 0.991. The predicted octanol–water partition coefficient (Wildman–Crippen LogP) is 2.66. The zero-order chi connectivity index (χ0) is 19.7. The standard InChI is InChI=1S/C20H17N3O4S/c1-23-11-13-4-2-3-5-15(13)21-17(23)19(25)27-14-8-6-12(7-9-14)10-16-18(24)22-20(26)28-16/h2-9,16H,10-11H2,1H3,(H,22,24,26). The van der Waals surface area contributed by atoms with Gasteiger partial charge in [0.05, 0.1) is 10.9 Å². The molecule has 1 atom stereocenters. The molecule has 142 valence electrons. The fourth-order valence-corrected chi connectivity index (χ4v) is 3.93. The summed E-state index contributed by atoms with van der Waals surface area (Å²) in [7, 11) is 1.80. The summed E-state index contributed by atoms with van der Waals surface area (Å²) in [5.41, 5.74) is 2.70. The number of thioether (sulfide) groups is 1. The predicted molar refractivity (Wildman–Crippen MR) is 106 cm³/mol. The van der Waals surface area contributed by atoms with Crippen LogP contribution in [0, 0.1) is 0 Å². The maximum Gasteiger partial charge on any atom is 0.379 e. The quantitative estimate of drug-likeness (QED) is 0.633. The first-order valence-electron chi connectivity index (χ1n) is 8.70. The molecule has 1 N–H and O–H groups in total. The minimum absolute atomic E-state index is 0.250. The number of ether oxygens (including phenoxy) is 1. The van der Waals surface area contributed by atoms with Crippen molar-refractivity contribution < 1.29 is 19.1 Å². The minimum atomic E-state index is -0.527. The lowest BCUT2D eigenvalue weighted by Crippen LogP contribution is -2.37. The summed E-state index contributed by atoms with van der Waals surface area (Å²) in [6, 6.07) is 14.6. The van der Waals surface area contributed by atoms with Crippen LogP contribution >= 0.6 is 11.8 Å². The molecule has 2 aromatic rings. The lowest BCUT2D eigenvalue weighted by molar-refractivity contribution is -0.127. The first-order chi connectivity index (χ1) is 13.5. The third kappa shape index (κ3) is 3.77. The van der Waals surface area contributed by atoms with E-state index in [0.29, 0.717) is 18.7 Å². The fraction of sp³-hybridized carbons (Fsp3) is 0.200. The van der Waals surface area contributed by atoms with E-state index in [2.05, 4.69) is 10.3 Å². The number of hydrogen-bond acceptors (Lipinski definition) is 7. The lowest BCUT2D eigenvalue weighted by atomic mass is 10.1. The highest BCUT2D eigenvalue weighted by molar-refractivity contribution is 8.15. The van der Waals surface area contributed by atoms with E-state index in [0.717, 1.165) is 28.6 Å². The molecule has 0 spiro atoms. The number of carbonyl (C=O) groups is 3. The number of likely N-dealkylation sites (N-methyl/N-ethyl adjacent to an activating group) is 1. The molecule has 28 heavy (non-hydrogen) atoms. The van der Waals surface area contributed by atoms with Gasteiger partial charge in [-0.1, -0.05) is 42.1 Å². The molecular formula is C20H17N3O4S. The van der Waals surface area contributed by atoms with Gasteiger partial charge in [-0.05, 0) is 35.7 Å². The third-order valence-electron chi connectivity index (χ3n) is 4.49. The monoisotopic (exact) mass is 395 g/mol. The molecular weight excluding hydrogens is 378 g/mol. The number of rotatable bonds is 4. The summed E-state index contributed by atoms with van der Waals surface area (Å²) in [5.74, 6) is -0.158. The highest BCUT2D eigenvalue weighted by Gasteiger charge is 2.31. The molecule has 1 fully saturated rings. The zero-order valence-corrected chi connectivity index (χ0v) is 15.9. The Hall–Kier alpha value is -3.13. The van der Waals surface area contributed by atoms with E-state index in [1.165, 1.54) is 0 Å². The van der Waals surface area contributed by atoms with Crippen LogP contribution in [0.5, 0.6) is 5.75 Å². The summed E-state index contributed by atoms with van der Waals surface area (Å²) in [5, 5.41) is 1.53. The lowest BCUT2D eigenvalue weighted by Gasteiger charge is -2.25. The van der Waals surface area contributed by atoms with Crippen LogP contribution in [0.3, 0.4) is 0 Å². The summed E-state index contributed by atoms with van der Waals surface area (Å²) < 4.78 is 5.45. The molecule has 2 aromatic carbocycles. The van der Waals surface area contributed by atoms with Crippen LogP contribution < -0.4 is 10.1 Å². The van der Waals surface area contributed by atoms with Crippen LogP contribution in [0.1, 0.15) is 11.1 Å². The first kappa shape index (κ1) is 18.2. The number of para-hydroxylation sites is 1. The highest BCUT2D eigenvalue weighted by atomic mass is 32.2. The van der Waals surface area contributed by atoms with E-state index < -0.39 is 11.2 Å². The number of benzene rings is 2. The molecule has 7 nitrogen and oxygen atoms in total.